The van der Waals surface area contributed by atoms with Gasteiger partial charge in [0.15, 0.2) is 0 Å². The molecule has 3 rings (SSSR count). The van der Waals surface area contributed by atoms with E-state index in [-0.39, 0.29) is 22.9 Å². The van der Waals surface area contributed by atoms with E-state index < -0.39 is 11.8 Å². The van der Waals surface area contributed by atoms with Crippen molar-refractivity contribution in [3.8, 4) is 0 Å². The third-order valence-electron chi connectivity index (χ3n) is 4.48. The van der Waals surface area contributed by atoms with E-state index in [2.05, 4.69) is 25.9 Å². The highest BCUT2D eigenvalue weighted by Crippen LogP contribution is 2.25. The molecule has 10 heteroatoms. The van der Waals surface area contributed by atoms with E-state index in [4.69, 9.17) is 22.7 Å². The fourth-order valence-electron chi connectivity index (χ4n) is 2.85. The second kappa shape index (κ2) is 10.3. The molecule has 0 spiro atoms. The number of allylic oxidation sites excluding steroid dienone is 1. The van der Waals surface area contributed by atoms with Gasteiger partial charge in [0.05, 0.1) is 17.1 Å². The maximum Gasteiger partial charge on any atom is 0.323 e. The van der Waals surface area contributed by atoms with Gasteiger partial charge in [0.1, 0.15) is 5.82 Å². The molecule has 176 valence electrons. The molecule has 0 fully saturated rings. The Morgan fingerprint density at radius 2 is 1.82 bits per heavy atom. The highest BCUT2D eigenvalue weighted by molar-refractivity contribution is 6.30. The van der Waals surface area contributed by atoms with Crippen LogP contribution in [0.2, 0.25) is 5.02 Å². The van der Waals surface area contributed by atoms with Gasteiger partial charge >= 0.3 is 6.03 Å². The van der Waals surface area contributed by atoms with Crippen molar-refractivity contribution < 1.29 is 9.18 Å². The number of benzene rings is 2. The molecule has 2 aromatic carbocycles. The van der Waals surface area contributed by atoms with Crippen LogP contribution in [-0.2, 0) is 0 Å². The number of amides is 2. The standard InChI is InChI=1S/C24H25ClFN7O/c1-24(2,3)30-13-17(21(27)19-10-11-29-22(28)32-19)14-4-9-18(26)20(12-14)33-23(34)31-16-7-5-15(25)6-8-16/h4-13,27,30H,1-3H3,(H2,28,29,32)(H2,31,33,34)/b17-13-,27-21?. The molecule has 2 amide bonds. The van der Waals surface area contributed by atoms with E-state index in [1.807, 2.05) is 20.8 Å². The number of hydrogen-bond donors (Lipinski definition) is 5. The Balaban J connectivity index is 1.92. The van der Waals surface area contributed by atoms with Crippen LogP contribution >= 0.6 is 11.6 Å². The van der Waals surface area contributed by atoms with E-state index in [1.54, 1.807) is 36.5 Å². The van der Waals surface area contributed by atoms with Crippen molar-refractivity contribution in [3.63, 3.8) is 0 Å². The van der Waals surface area contributed by atoms with Gasteiger partial charge < -0.3 is 21.7 Å². The summed E-state index contributed by atoms with van der Waals surface area (Å²) in [5.41, 5.74) is 7.09. The fourth-order valence-corrected chi connectivity index (χ4v) is 2.97. The number of carbonyl (C=O) groups excluding carboxylic acids is 1. The van der Waals surface area contributed by atoms with Crippen molar-refractivity contribution in [2.75, 3.05) is 16.4 Å². The molecule has 3 aromatic rings. The van der Waals surface area contributed by atoms with Gasteiger partial charge in [0.25, 0.3) is 0 Å². The Morgan fingerprint density at radius 1 is 1.12 bits per heavy atom. The summed E-state index contributed by atoms with van der Waals surface area (Å²) in [5, 5.41) is 17.6. The molecular weight excluding hydrogens is 457 g/mol. The molecule has 0 aliphatic carbocycles. The predicted octanol–water partition coefficient (Wildman–Crippen LogP) is 5.29. The van der Waals surface area contributed by atoms with Crippen LogP contribution < -0.4 is 21.7 Å². The number of rotatable bonds is 6. The Labute approximate surface area is 202 Å². The van der Waals surface area contributed by atoms with Crippen LogP contribution in [0, 0.1) is 11.2 Å². The molecule has 8 nitrogen and oxygen atoms in total. The monoisotopic (exact) mass is 481 g/mol. The van der Waals surface area contributed by atoms with E-state index >= 15 is 0 Å². The lowest BCUT2D eigenvalue weighted by molar-refractivity contribution is 0.262. The first-order valence-corrected chi connectivity index (χ1v) is 10.7. The highest BCUT2D eigenvalue weighted by Gasteiger charge is 2.17. The van der Waals surface area contributed by atoms with Crippen LogP contribution in [-0.4, -0.2) is 27.2 Å². The first-order valence-electron chi connectivity index (χ1n) is 10.3. The van der Waals surface area contributed by atoms with Crippen LogP contribution in [0.15, 0.2) is 60.9 Å². The molecule has 0 bridgehead atoms. The van der Waals surface area contributed by atoms with Gasteiger partial charge in [-0.3, -0.25) is 5.41 Å². The second-order valence-electron chi connectivity index (χ2n) is 8.41. The van der Waals surface area contributed by atoms with Gasteiger partial charge in [-0.2, -0.15) is 0 Å². The third-order valence-corrected chi connectivity index (χ3v) is 4.73. The number of anilines is 3. The van der Waals surface area contributed by atoms with Crippen LogP contribution in [0.5, 0.6) is 0 Å². The highest BCUT2D eigenvalue weighted by atomic mass is 35.5. The summed E-state index contributed by atoms with van der Waals surface area (Å²) in [6.45, 7) is 5.89. The van der Waals surface area contributed by atoms with Crippen molar-refractivity contribution in [1.29, 1.82) is 5.41 Å². The lowest BCUT2D eigenvalue weighted by Gasteiger charge is -2.21. The predicted molar refractivity (Wildman–Crippen MR) is 135 cm³/mol. The van der Waals surface area contributed by atoms with Gasteiger partial charge in [0.2, 0.25) is 5.95 Å². The van der Waals surface area contributed by atoms with Crippen molar-refractivity contribution in [1.82, 2.24) is 15.3 Å². The molecule has 1 heterocycles. The number of nitrogens with two attached hydrogens (primary N) is 1. The largest absolute Gasteiger partial charge is 0.386 e. The minimum absolute atomic E-state index is 0.0331. The zero-order valence-corrected chi connectivity index (χ0v) is 19.7. The molecule has 0 unspecified atom stereocenters. The molecule has 1 aromatic heterocycles. The van der Waals surface area contributed by atoms with Crippen molar-refractivity contribution in [3.05, 3.63) is 83.0 Å². The summed E-state index contributed by atoms with van der Waals surface area (Å²) in [6, 6.07) is 11.6. The summed E-state index contributed by atoms with van der Waals surface area (Å²) in [7, 11) is 0. The Morgan fingerprint density at radius 3 is 2.47 bits per heavy atom. The number of nitrogen functional groups attached to an aromatic ring is 1. The van der Waals surface area contributed by atoms with Gasteiger partial charge in [-0.15, -0.1) is 0 Å². The molecule has 0 saturated heterocycles. The van der Waals surface area contributed by atoms with Gasteiger partial charge in [-0.25, -0.2) is 19.2 Å². The number of halogens is 2. The maximum absolute atomic E-state index is 14.6. The first-order chi connectivity index (χ1) is 16.0. The normalized spacial score (nSPS) is 11.6. The number of hydrogen-bond acceptors (Lipinski definition) is 6. The molecule has 34 heavy (non-hydrogen) atoms. The number of nitrogens with zero attached hydrogens (tertiary/aromatic N) is 2. The lowest BCUT2D eigenvalue weighted by atomic mass is 9.98. The van der Waals surface area contributed by atoms with Crippen LogP contribution in [0.1, 0.15) is 32.0 Å². The van der Waals surface area contributed by atoms with Crippen molar-refractivity contribution in [2.24, 2.45) is 0 Å². The molecule has 0 aliphatic rings. The lowest BCUT2D eigenvalue weighted by Crippen LogP contribution is -2.32. The number of nitrogens with one attached hydrogen (secondary N) is 4. The van der Waals surface area contributed by atoms with Crippen LogP contribution in [0.4, 0.5) is 26.5 Å². The summed E-state index contributed by atoms with van der Waals surface area (Å²) in [4.78, 5) is 20.4. The number of aromatic nitrogens is 2. The Hall–Kier alpha value is -3.98. The zero-order valence-electron chi connectivity index (χ0n) is 18.9. The quantitative estimate of drug-likeness (QED) is 0.305. The smallest absolute Gasteiger partial charge is 0.323 e. The average Bonchev–Trinajstić information content (AvgIpc) is 2.76. The Kier molecular flexibility index (Phi) is 7.47. The topological polar surface area (TPSA) is 129 Å². The Bertz CT molecular complexity index is 1240. The summed E-state index contributed by atoms with van der Waals surface area (Å²) in [6.07, 6.45) is 3.12. The third kappa shape index (κ3) is 6.76. The SMILES string of the molecule is CC(C)(C)N/C=C(\C(=N)c1ccnc(N)n1)c1ccc(F)c(NC(=O)Nc2ccc(Cl)cc2)c1. The number of carbonyl (C=O) groups is 1. The van der Waals surface area contributed by atoms with Crippen LogP contribution in [0.25, 0.3) is 5.57 Å². The number of urea groups is 1. The first kappa shape index (κ1) is 24.7. The van der Waals surface area contributed by atoms with Crippen molar-refractivity contribution in [2.45, 2.75) is 26.3 Å². The van der Waals surface area contributed by atoms with E-state index in [9.17, 15) is 9.18 Å². The summed E-state index contributed by atoms with van der Waals surface area (Å²) < 4.78 is 14.6. The fraction of sp³-hybridized carbons (Fsp3) is 0.167. The van der Waals surface area contributed by atoms with Crippen molar-refractivity contribution >= 4 is 46.2 Å². The maximum atomic E-state index is 14.6. The van der Waals surface area contributed by atoms with Gasteiger partial charge in [-0.1, -0.05) is 17.7 Å². The van der Waals surface area contributed by atoms with Crippen LogP contribution in [0.3, 0.4) is 0 Å². The van der Waals surface area contributed by atoms with E-state index in [1.165, 1.54) is 24.4 Å². The second-order valence-corrected chi connectivity index (χ2v) is 8.84. The molecule has 0 aliphatic heterocycles. The molecule has 6 N–H and O–H groups in total. The average molecular weight is 482 g/mol. The van der Waals surface area contributed by atoms with Gasteiger partial charge in [0, 0.05) is 34.2 Å². The minimum atomic E-state index is -0.629. The zero-order chi connectivity index (χ0) is 24.9. The molecular formula is C24H25ClFN7O. The van der Waals surface area contributed by atoms with E-state index in [0.29, 0.717) is 27.5 Å². The molecule has 0 atom stereocenters. The van der Waals surface area contributed by atoms with E-state index in [0.717, 1.165) is 0 Å². The summed E-state index contributed by atoms with van der Waals surface area (Å²) in [5.74, 6) is -0.596. The summed E-state index contributed by atoms with van der Waals surface area (Å²) >= 11 is 5.86. The molecule has 0 radical (unpaired) electrons. The molecule has 0 saturated carbocycles. The minimum Gasteiger partial charge on any atom is -0.386 e. The van der Waals surface area contributed by atoms with Gasteiger partial charge in [-0.05, 0) is 68.8 Å².